The molecular formula is C12H13F3N2O2. The predicted molar refractivity (Wildman–Crippen MR) is 62.4 cm³/mol. The average molecular weight is 274 g/mol. The fraction of sp³-hybridized carbons (Fsp3) is 0.500. The summed E-state index contributed by atoms with van der Waals surface area (Å²) in [6.07, 6.45) is -1.14. The first-order chi connectivity index (χ1) is 8.87. The molecule has 0 radical (unpaired) electrons. The third-order valence-corrected chi connectivity index (χ3v) is 2.99. The van der Waals surface area contributed by atoms with Crippen LogP contribution in [0, 0.1) is 0 Å². The molecule has 2 rings (SSSR count). The fourth-order valence-electron chi connectivity index (χ4n) is 2.12. The number of aromatic nitrogens is 1. The van der Waals surface area contributed by atoms with Crippen molar-refractivity contribution in [1.29, 1.82) is 0 Å². The number of aromatic carboxylic acids is 1. The number of aryl methyl sites for hydroxylation is 2. The normalized spacial score (nSPS) is 14.9. The Labute approximate surface area is 107 Å². The molecule has 0 amide bonds. The van der Waals surface area contributed by atoms with Crippen LogP contribution in [0.4, 0.5) is 19.0 Å². The van der Waals surface area contributed by atoms with E-state index in [1.54, 1.807) is 0 Å². The molecule has 0 unspecified atom stereocenters. The largest absolute Gasteiger partial charge is 0.478 e. The Balaban J connectivity index is 2.32. The van der Waals surface area contributed by atoms with Gasteiger partial charge < -0.3 is 10.4 Å². The Hall–Kier alpha value is -1.79. The van der Waals surface area contributed by atoms with Crippen molar-refractivity contribution in [3.05, 3.63) is 22.9 Å². The van der Waals surface area contributed by atoms with Crippen LogP contribution in [0.5, 0.6) is 0 Å². The van der Waals surface area contributed by atoms with Gasteiger partial charge >= 0.3 is 12.1 Å². The number of nitrogens with zero attached hydrogens (tertiary/aromatic N) is 1. The van der Waals surface area contributed by atoms with Crippen LogP contribution in [0.3, 0.4) is 0 Å². The topological polar surface area (TPSA) is 62.2 Å². The van der Waals surface area contributed by atoms with Gasteiger partial charge in [0, 0.05) is 5.69 Å². The number of rotatable bonds is 3. The number of carbonyl (C=O) groups is 1. The van der Waals surface area contributed by atoms with Crippen molar-refractivity contribution >= 4 is 11.8 Å². The standard InChI is InChI=1S/C12H13F3N2O2/c13-12(14,15)6-16-10-8(11(18)19)5-7-3-1-2-4-9(7)17-10/h5H,1-4,6H2,(H,16,17)(H,18,19). The summed E-state index contributed by atoms with van der Waals surface area (Å²) in [6, 6.07) is 1.43. The average Bonchev–Trinajstić information content (AvgIpc) is 2.34. The van der Waals surface area contributed by atoms with Crippen molar-refractivity contribution in [2.24, 2.45) is 0 Å². The van der Waals surface area contributed by atoms with Gasteiger partial charge in [-0.1, -0.05) is 0 Å². The molecule has 1 aliphatic rings. The third-order valence-electron chi connectivity index (χ3n) is 2.99. The minimum Gasteiger partial charge on any atom is -0.478 e. The Morgan fingerprint density at radius 1 is 1.37 bits per heavy atom. The Morgan fingerprint density at radius 2 is 2.05 bits per heavy atom. The van der Waals surface area contributed by atoms with Gasteiger partial charge in [-0.2, -0.15) is 13.2 Å². The van der Waals surface area contributed by atoms with Gasteiger partial charge in [-0.25, -0.2) is 9.78 Å². The summed E-state index contributed by atoms with van der Waals surface area (Å²) in [7, 11) is 0. The summed E-state index contributed by atoms with van der Waals surface area (Å²) >= 11 is 0. The van der Waals surface area contributed by atoms with Crippen molar-refractivity contribution in [2.75, 3.05) is 11.9 Å². The maximum Gasteiger partial charge on any atom is 0.405 e. The Morgan fingerprint density at radius 3 is 2.68 bits per heavy atom. The van der Waals surface area contributed by atoms with Gasteiger partial charge in [0.2, 0.25) is 0 Å². The van der Waals surface area contributed by atoms with Crippen LogP contribution in [0.25, 0.3) is 0 Å². The quantitative estimate of drug-likeness (QED) is 0.889. The maximum absolute atomic E-state index is 12.2. The molecule has 4 nitrogen and oxygen atoms in total. The van der Waals surface area contributed by atoms with Gasteiger partial charge in [0.25, 0.3) is 0 Å². The Kier molecular flexibility index (Phi) is 3.64. The first kappa shape index (κ1) is 13.6. The maximum atomic E-state index is 12.2. The zero-order valence-corrected chi connectivity index (χ0v) is 10.0. The minimum absolute atomic E-state index is 0.203. The summed E-state index contributed by atoms with van der Waals surface area (Å²) in [6.45, 7) is -1.29. The molecular weight excluding hydrogens is 261 g/mol. The van der Waals surface area contributed by atoms with Crippen LogP contribution in [0.15, 0.2) is 6.07 Å². The molecule has 0 spiro atoms. The molecule has 1 aliphatic carbocycles. The van der Waals surface area contributed by atoms with Gasteiger partial charge in [-0.3, -0.25) is 0 Å². The fourth-order valence-corrected chi connectivity index (χ4v) is 2.12. The molecule has 0 saturated carbocycles. The Bertz CT molecular complexity index is 500. The number of fused-ring (bicyclic) bond motifs is 1. The highest BCUT2D eigenvalue weighted by molar-refractivity contribution is 5.93. The monoisotopic (exact) mass is 274 g/mol. The van der Waals surface area contributed by atoms with Gasteiger partial charge in [0.05, 0.1) is 0 Å². The highest BCUT2D eigenvalue weighted by Crippen LogP contribution is 2.25. The van der Waals surface area contributed by atoms with E-state index < -0.39 is 18.7 Å². The molecule has 0 aromatic carbocycles. The second-order valence-corrected chi connectivity index (χ2v) is 4.47. The van der Waals surface area contributed by atoms with Crippen LogP contribution < -0.4 is 5.32 Å². The molecule has 0 atom stereocenters. The minimum atomic E-state index is -4.41. The molecule has 2 N–H and O–H groups in total. The van der Waals surface area contributed by atoms with Crippen LogP contribution in [-0.2, 0) is 12.8 Å². The molecule has 104 valence electrons. The first-order valence-electron chi connectivity index (χ1n) is 5.93. The molecule has 1 aromatic heterocycles. The van der Waals surface area contributed by atoms with E-state index in [0.717, 1.165) is 24.8 Å². The lowest BCUT2D eigenvalue weighted by Gasteiger charge is -2.18. The molecule has 0 saturated heterocycles. The molecule has 1 heterocycles. The number of hydrogen-bond acceptors (Lipinski definition) is 3. The molecule has 1 aromatic rings. The van der Waals surface area contributed by atoms with Gasteiger partial charge in [-0.05, 0) is 37.3 Å². The number of alkyl halides is 3. The van der Waals surface area contributed by atoms with E-state index in [1.807, 2.05) is 0 Å². The molecule has 0 bridgehead atoms. The number of hydrogen-bond donors (Lipinski definition) is 2. The van der Waals surface area contributed by atoms with E-state index >= 15 is 0 Å². The van der Waals surface area contributed by atoms with Crippen LogP contribution in [0.1, 0.15) is 34.5 Å². The van der Waals surface area contributed by atoms with E-state index in [1.165, 1.54) is 6.07 Å². The van der Waals surface area contributed by atoms with E-state index in [0.29, 0.717) is 12.1 Å². The number of nitrogens with one attached hydrogen (secondary N) is 1. The lowest BCUT2D eigenvalue weighted by molar-refractivity contribution is -0.115. The number of carboxylic acids is 1. The summed E-state index contributed by atoms with van der Waals surface area (Å²) in [4.78, 5) is 15.1. The number of halogens is 3. The third kappa shape index (κ3) is 3.36. The van der Waals surface area contributed by atoms with Crippen molar-refractivity contribution in [3.63, 3.8) is 0 Å². The van der Waals surface area contributed by atoms with E-state index in [4.69, 9.17) is 5.11 Å². The first-order valence-corrected chi connectivity index (χ1v) is 5.93. The van der Waals surface area contributed by atoms with Crippen LogP contribution in [0.2, 0.25) is 0 Å². The molecule has 7 heteroatoms. The summed E-state index contributed by atoms with van der Waals surface area (Å²) in [5.74, 6) is -1.48. The van der Waals surface area contributed by atoms with Crippen molar-refractivity contribution < 1.29 is 23.1 Å². The van der Waals surface area contributed by atoms with E-state index in [2.05, 4.69) is 10.3 Å². The lowest BCUT2D eigenvalue weighted by atomic mass is 9.95. The van der Waals surface area contributed by atoms with Gasteiger partial charge in [-0.15, -0.1) is 0 Å². The number of anilines is 1. The molecule has 0 fully saturated rings. The highest BCUT2D eigenvalue weighted by Gasteiger charge is 2.28. The van der Waals surface area contributed by atoms with Gasteiger partial charge in [0.1, 0.15) is 17.9 Å². The summed E-state index contributed by atoms with van der Waals surface area (Å²) in [5, 5.41) is 11.1. The number of carboxylic acid groups (broad SMARTS) is 1. The number of pyridine rings is 1. The van der Waals surface area contributed by atoms with E-state index in [-0.39, 0.29) is 11.4 Å². The van der Waals surface area contributed by atoms with Crippen molar-refractivity contribution in [3.8, 4) is 0 Å². The summed E-state index contributed by atoms with van der Waals surface area (Å²) in [5.41, 5.74) is 1.31. The highest BCUT2D eigenvalue weighted by atomic mass is 19.4. The van der Waals surface area contributed by atoms with Crippen molar-refractivity contribution in [2.45, 2.75) is 31.9 Å². The van der Waals surface area contributed by atoms with Gasteiger partial charge in [0.15, 0.2) is 0 Å². The van der Waals surface area contributed by atoms with Crippen LogP contribution in [-0.4, -0.2) is 28.8 Å². The van der Waals surface area contributed by atoms with Crippen molar-refractivity contribution in [1.82, 2.24) is 4.98 Å². The summed E-state index contributed by atoms with van der Waals surface area (Å²) < 4.78 is 36.5. The molecule has 19 heavy (non-hydrogen) atoms. The molecule has 0 aliphatic heterocycles. The zero-order chi connectivity index (χ0) is 14.0. The van der Waals surface area contributed by atoms with Crippen LogP contribution >= 0.6 is 0 Å². The second kappa shape index (κ2) is 5.07. The lowest BCUT2D eigenvalue weighted by Crippen LogP contribution is -2.24. The van der Waals surface area contributed by atoms with E-state index in [9.17, 15) is 18.0 Å². The predicted octanol–water partition coefficient (Wildman–Crippen LogP) is 2.63. The zero-order valence-electron chi connectivity index (χ0n) is 10.0. The smallest absolute Gasteiger partial charge is 0.405 e. The SMILES string of the molecule is O=C(O)c1cc2c(nc1NCC(F)(F)F)CCCC2. The second-order valence-electron chi connectivity index (χ2n) is 4.47.